The molecule has 5 rings (SSSR count). The van der Waals surface area contributed by atoms with Crippen molar-refractivity contribution in [3.05, 3.63) is 24.3 Å². The molecule has 4 bridgehead atoms. The lowest BCUT2D eigenvalue weighted by molar-refractivity contribution is -0.00750. The van der Waals surface area contributed by atoms with E-state index in [-0.39, 0.29) is 0 Å². The van der Waals surface area contributed by atoms with Crippen molar-refractivity contribution in [2.75, 3.05) is 11.1 Å². The molecular formula is C24H36N2. The molecule has 142 valence electrons. The van der Waals surface area contributed by atoms with Gasteiger partial charge in [-0.2, -0.15) is 0 Å². The second kappa shape index (κ2) is 7.09. The SMILES string of the molecule is Nc1ccccc1N[C@@H]1C[C@H]2CCC[C@@H](C1)C2[C@@H]1C[C@@H]2CCC[C@@H](C2)C1. The topological polar surface area (TPSA) is 38.0 Å². The van der Waals surface area contributed by atoms with Crippen molar-refractivity contribution in [3.63, 3.8) is 0 Å². The third kappa shape index (κ3) is 3.25. The zero-order valence-corrected chi connectivity index (χ0v) is 16.2. The summed E-state index contributed by atoms with van der Waals surface area (Å²) in [5, 5.41) is 3.82. The van der Waals surface area contributed by atoms with Crippen LogP contribution < -0.4 is 11.1 Å². The Morgan fingerprint density at radius 2 is 1.38 bits per heavy atom. The Kier molecular flexibility index (Phi) is 4.63. The standard InChI is InChI=1S/C24H36N2/c25-22-9-1-2-10-23(22)26-21-14-18-7-4-8-19(15-21)24(18)20-12-16-5-3-6-17(11-16)13-20/h1-2,9-10,16-21,24,26H,3-8,11-15,25H2/t16-,17+,18-,19+,20-,21-,24?. The molecular weight excluding hydrogens is 316 g/mol. The lowest BCUT2D eigenvalue weighted by Gasteiger charge is -2.52. The van der Waals surface area contributed by atoms with Gasteiger partial charge in [0.15, 0.2) is 0 Å². The highest BCUT2D eigenvalue weighted by molar-refractivity contribution is 5.66. The van der Waals surface area contributed by atoms with Crippen molar-refractivity contribution in [1.82, 2.24) is 0 Å². The van der Waals surface area contributed by atoms with Gasteiger partial charge in [-0.1, -0.05) is 50.7 Å². The van der Waals surface area contributed by atoms with Gasteiger partial charge in [0.05, 0.1) is 11.4 Å². The Labute approximate surface area is 159 Å². The van der Waals surface area contributed by atoms with Gasteiger partial charge in [-0.3, -0.25) is 0 Å². The summed E-state index contributed by atoms with van der Waals surface area (Å²) in [6, 6.07) is 8.95. The average molecular weight is 353 g/mol. The van der Waals surface area contributed by atoms with Crippen LogP contribution in [0, 0.1) is 35.5 Å². The van der Waals surface area contributed by atoms with Crippen LogP contribution >= 0.6 is 0 Å². The molecule has 0 saturated heterocycles. The zero-order valence-electron chi connectivity index (χ0n) is 16.2. The molecule has 3 N–H and O–H groups in total. The van der Waals surface area contributed by atoms with Gasteiger partial charge >= 0.3 is 0 Å². The highest BCUT2D eigenvalue weighted by Gasteiger charge is 2.46. The molecule has 26 heavy (non-hydrogen) atoms. The highest BCUT2D eigenvalue weighted by Crippen LogP contribution is 2.54. The number of fused-ring (bicyclic) bond motifs is 4. The van der Waals surface area contributed by atoms with E-state index in [9.17, 15) is 0 Å². The molecule has 0 aromatic heterocycles. The molecule has 0 radical (unpaired) electrons. The van der Waals surface area contributed by atoms with E-state index in [2.05, 4.69) is 17.4 Å². The Morgan fingerprint density at radius 1 is 0.731 bits per heavy atom. The molecule has 2 heteroatoms. The van der Waals surface area contributed by atoms with Gasteiger partial charge in [0, 0.05) is 6.04 Å². The third-order valence-electron chi connectivity index (χ3n) is 8.44. The van der Waals surface area contributed by atoms with Crippen molar-refractivity contribution in [2.24, 2.45) is 35.5 Å². The van der Waals surface area contributed by atoms with Gasteiger partial charge in [-0.05, 0) is 79.7 Å². The van der Waals surface area contributed by atoms with Crippen molar-refractivity contribution < 1.29 is 0 Å². The van der Waals surface area contributed by atoms with Crippen molar-refractivity contribution in [1.29, 1.82) is 0 Å². The number of nitrogens with two attached hydrogens (primary N) is 1. The maximum atomic E-state index is 6.19. The number of nitrogens with one attached hydrogen (secondary N) is 1. The summed E-state index contributed by atoms with van der Waals surface area (Å²) >= 11 is 0. The fraction of sp³-hybridized carbons (Fsp3) is 0.750. The molecule has 7 atom stereocenters. The van der Waals surface area contributed by atoms with Crippen LogP contribution in [0.4, 0.5) is 11.4 Å². The third-order valence-corrected chi connectivity index (χ3v) is 8.44. The predicted molar refractivity (Wildman–Crippen MR) is 110 cm³/mol. The molecule has 1 aromatic rings. The minimum atomic E-state index is 0.634. The molecule has 0 amide bonds. The van der Waals surface area contributed by atoms with E-state index in [4.69, 9.17) is 5.73 Å². The number of hydrogen-bond acceptors (Lipinski definition) is 2. The minimum absolute atomic E-state index is 0.634. The van der Waals surface area contributed by atoms with Crippen molar-refractivity contribution in [3.8, 4) is 0 Å². The summed E-state index contributed by atoms with van der Waals surface area (Å²) in [6.45, 7) is 0. The number of para-hydroxylation sites is 2. The highest BCUT2D eigenvalue weighted by atomic mass is 14.9. The first-order valence-corrected chi connectivity index (χ1v) is 11.4. The van der Waals surface area contributed by atoms with Crippen LogP contribution in [0.5, 0.6) is 0 Å². The van der Waals surface area contributed by atoms with Crippen LogP contribution in [0.2, 0.25) is 0 Å². The molecule has 4 saturated carbocycles. The molecule has 0 heterocycles. The summed E-state index contributed by atoms with van der Waals surface area (Å²) in [6.07, 6.45) is 16.5. The molecule has 4 fully saturated rings. The Balaban J connectivity index is 1.29. The van der Waals surface area contributed by atoms with Crippen LogP contribution in [-0.4, -0.2) is 6.04 Å². The molecule has 1 unspecified atom stereocenters. The molecule has 4 aliphatic carbocycles. The number of anilines is 2. The molecule has 0 spiro atoms. The first kappa shape index (κ1) is 17.0. The van der Waals surface area contributed by atoms with E-state index < -0.39 is 0 Å². The predicted octanol–water partition coefficient (Wildman–Crippen LogP) is 6.09. The van der Waals surface area contributed by atoms with Crippen molar-refractivity contribution in [2.45, 2.75) is 76.7 Å². The monoisotopic (exact) mass is 352 g/mol. The van der Waals surface area contributed by atoms with Crippen LogP contribution in [-0.2, 0) is 0 Å². The zero-order chi connectivity index (χ0) is 17.5. The quantitative estimate of drug-likeness (QED) is 0.646. The van der Waals surface area contributed by atoms with Gasteiger partial charge in [0.25, 0.3) is 0 Å². The van der Waals surface area contributed by atoms with Gasteiger partial charge in [-0.15, -0.1) is 0 Å². The number of benzene rings is 1. The molecule has 0 aliphatic heterocycles. The summed E-state index contributed by atoms with van der Waals surface area (Å²) in [7, 11) is 0. The van der Waals surface area contributed by atoms with Crippen molar-refractivity contribution >= 4 is 11.4 Å². The Morgan fingerprint density at radius 3 is 2.08 bits per heavy atom. The van der Waals surface area contributed by atoms with Crippen LogP contribution in [0.15, 0.2) is 24.3 Å². The lowest BCUT2D eigenvalue weighted by atomic mass is 9.54. The molecule has 1 aromatic carbocycles. The lowest BCUT2D eigenvalue weighted by Crippen LogP contribution is -2.46. The Bertz CT molecular complexity index is 600. The Hall–Kier alpha value is -1.18. The van der Waals surface area contributed by atoms with E-state index in [0.29, 0.717) is 6.04 Å². The average Bonchev–Trinajstić information content (AvgIpc) is 2.62. The summed E-state index contributed by atoms with van der Waals surface area (Å²) < 4.78 is 0. The number of rotatable bonds is 3. The number of nitrogen functional groups attached to an aromatic ring is 1. The second-order valence-electron chi connectivity index (χ2n) is 10.1. The van der Waals surface area contributed by atoms with Crippen LogP contribution in [0.3, 0.4) is 0 Å². The first-order valence-electron chi connectivity index (χ1n) is 11.4. The van der Waals surface area contributed by atoms with Gasteiger partial charge in [0.1, 0.15) is 0 Å². The smallest absolute Gasteiger partial charge is 0.0576 e. The normalized spacial score (nSPS) is 42.2. The van der Waals surface area contributed by atoms with Crippen LogP contribution in [0.1, 0.15) is 70.6 Å². The van der Waals surface area contributed by atoms with Crippen LogP contribution in [0.25, 0.3) is 0 Å². The van der Waals surface area contributed by atoms with Gasteiger partial charge < -0.3 is 11.1 Å². The largest absolute Gasteiger partial charge is 0.397 e. The van der Waals surface area contributed by atoms with E-state index in [1.165, 1.54) is 51.4 Å². The van der Waals surface area contributed by atoms with Gasteiger partial charge in [0.2, 0.25) is 0 Å². The van der Waals surface area contributed by atoms with E-state index in [0.717, 1.165) is 46.9 Å². The second-order valence-corrected chi connectivity index (χ2v) is 10.1. The maximum absolute atomic E-state index is 6.19. The van der Waals surface area contributed by atoms with E-state index in [1.807, 2.05) is 12.1 Å². The number of hydrogen-bond donors (Lipinski definition) is 2. The fourth-order valence-corrected chi connectivity index (χ4v) is 7.62. The van der Waals surface area contributed by atoms with E-state index >= 15 is 0 Å². The minimum Gasteiger partial charge on any atom is -0.397 e. The molecule has 4 aliphatic rings. The summed E-state index contributed by atoms with van der Waals surface area (Å²) in [4.78, 5) is 0. The molecule has 2 nitrogen and oxygen atoms in total. The summed E-state index contributed by atoms with van der Waals surface area (Å²) in [5.41, 5.74) is 8.24. The van der Waals surface area contributed by atoms with Gasteiger partial charge in [-0.25, -0.2) is 0 Å². The van der Waals surface area contributed by atoms with E-state index in [1.54, 1.807) is 19.3 Å². The summed E-state index contributed by atoms with van der Waals surface area (Å²) in [5.74, 6) is 6.18. The fourth-order valence-electron chi connectivity index (χ4n) is 7.62. The maximum Gasteiger partial charge on any atom is 0.0576 e. The first-order chi connectivity index (χ1) is 12.8.